The van der Waals surface area contributed by atoms with Crippen LogP contribution in [0, 0.1) is 5.92 Å². The molecule has 1 heterocycles. The Labute approximate surface area is 179 Å². The van der Waals surface area contributed by atoms with Gasteiger partial charge in [0.2, 0.25) is 5.78 Å². The first-order valence-electron chi connectivity index (χ1n) is 9.59. The highest BCUT2D eigenvalue weighted by Gasteiger charge is 2.23. The van der Waals surface area contributed by atoms with Crippen LogP contribution in [0.3, 0.4) is 0 Å². The maximum Gasteiger partial charge on any atom is 0.332 e. The minimum absolute atomic E-state index is 0.0535. The van der Waals surface area contributed by atoms with Gasteiger partial charge in [0.1, 0.15) is 22.9 Å². The summed E-state index contributed by atoms with van der Waals surface area (Å²) in [5.74, 6) is -0.667. The van der Waals surface area contributed by atoms with Crippen LogP contribution in [0.4, 0.5) is 5.82 Å². The minimum Gasteiger partial charge on any atom is -0.497 e. The Bertz CT molecular complexity index is 1100. The van der Waals surface area contributed by atoms with Gasteiger partial charge in [-0.05, 0) is 12.0 Å². The Morgan fingerprint density at radius 3 is 2.39 bits per heavy atom. The lowest BCUT2D eigenvalue weighted by Gasteiger charge is -2.16. The van der Waals surface area contributed by atoms with Crippen LogP contribution in [0.2, 0.25) is 0 Å². The van der Waals surface area contributed by atoms with Gasteiger partial charge in [-0.2, -0.15) is 0 Å². The van der Waals surface area contributed by atoms with Crippen LogP contribution in [0.15, 0.2) is 27.8 Å². The Kier molecular flexibility index (Phi) is 7.62. The van der Waals surface area contributed by atoms with Crippen molar-refractivity contribution in [3.63, 3.8) is 0 Å². The molecule has 10 nitrogen and oxygen atoms in total. The summed E-state index contributed by atoms with van der Waals surface area (Å²) < 4.78 is 17.4. The van der Waals surface area contributed by atoms with E-state index in [1.165, 1.54) is 25.8 Å². The lowest BCUT2D eigenvalue weighted by atomic mass is 10.1. The molecule has 0 unspecified atom stereocenters. The third-order valence-electron chi connectivity index (χ3n) is 4.60. The van der Waals surface area contributed by atoms with Gasteiger partial charge in [-0.15, -0.1) is 0 Å². The Morgan fingerprint density at radius 2 is 1.81 bits per heavy atom. The molecule has 0 radical (unpaired) electrons. The normalized spacial score (nSPS) is 10.8. The van der Waals surface area contributed by atoms with Crippen molar-refractivity contribution in [2.45, 2.75) is 26.8 Å². The topological polar surface area (TPSA) is 132 Å². The van der Waals surface area contributed by atoms with Crippen molar-refractivity contribution in [2.24, 2.45) is 13.0 Å². The molecule has 0 saturated heterocycles. The van der Waals surface area contributed by atoms with E-state index < -0.39 is 29.6 Å². The Hall–Kier alpha value is -3.56. The third-order valence-corrected chi connectivity index (χ3v) is 4.60. The maximum absolute atomic E-state index is 12.6. The summed E-state index contributed by atoms with van der Waals surface area (Å²) >= 11 is 0. The molecule has 0 fully saturated rings. The number of aromatic nitrogens is 2. The largest absolute Gasteiger partial charge is 0.497 e. The van der Waals surface area contributed by atoms with Crippen LogP contribution >= 0.6 is 0 Å². The number of hydrogen-bond donors (Lipinski definition) is 1. The van der Waals surface area contributed by atoms with E-state index in [0.29, 0.717) is 17.1 Å². The number of benzene rings is 1. The summed E-state index contributed by atoms with van der Waals surface area (Å²) in [6.45, 7) is 3.29. The number of Topliss-reactive ketones (excluding diaryl/α,β-unsaturated/α-hetero) is 1. The van der Waals surface area contributed by atoms with Crippen molar-refractivity contribution >= 4 is 17.6 Å². The van der Waals surface area contributed by atoms with Gasteiger partial charge in [-0.3, -0.25) is 23.5 Å². The molecule has 0 spiro atoms. The highest BCUT2D eigenvalue weighted by molar-refractivity contribution is 6.01. The standard InChI is InChI=1S/C21H27N3O7/c1-12(2)10-24-19(22)18(20(27)23(3)21(24)28)15(25)11-31-17(26)8-13-6-7-14(29-4)9-16(13)30-5/h6-7,9,12H,8,10-11,22H2,1-5H3. The number of ketones is 1. The predicted octanol–water partition coefficient (Wildman–Crippen LogP) is 0.771. The summed E-state index contributed by atoms with van der Waals surface area (Å²) in [7, 11) is 4.23. The fourth-order valence-corrected chi connectivity index (χ4v) is 3.01. The molecule has 2 aromatic rings. The third kappa shape index (κ3) is 5.33. The van der Waals surface area contributed by atoms with Gasteiger partial charge in [0, 0.05) is 25.2 Å². The van der Waals surface area contributed by atoms with Crippen molar-refractivity contribution in [2.75, 3.05) is 26.6 Å². The number of hydrogen-bond acceptors (Lipinski definition) is 8. The lowest BCUT2D eigenvalue weighted by Crippen LogP contribution is -2.43. The number of methoxy groups -OCH3 is 2. The van der Waals surface area contributed by atoms with Gasteiger partial charge in [0.05, 0.1) is 20.6 Å². The van der Waals surface area contributed by atoms with Crippen molar-refractivity contribution < 1.29 is 23.8 Å². The van der Waals surface area contributed by atoms with E-state index in [4.69, 9.17) is 19.9 Å². The summed E-state index contributed by atoms with van der Waals surface area (Å²) in [4.78, 5) is 49.6. The predicted molar refractivity (Wildman–Crippen MR) is 114 cm³/mol. The Balaban J connectivity index is 2.19. The first-order valence-corrected chi connectivity index (χ1v) is 9.59. The van der Waals surface area contributed by atoms with E-state index in [-0.39, 0.29) is 30.3 Å². The molecule has 0 aliphatic heterocycles. The summed E-state index contributed by atoms with van der Waals surface area (Å²) in [5.41, 5.74) is 4.68. The average molecular weight is 433 g/mol. The van der Waals surface area contributed by atoms with Crippen LogP contribution in [0.25, 0.3) is 0 Å². The molecule has 1 aromatic heterocycles. The highest BCUT2D eigenvalue weighted by atomic mass is 16.5. The summed E-state index contributed by atoms with van der Waals surface area (Å²) in [5, 5.41) is 0. The second-order valence-electron chi connectivity index (χ2n) is 7.35. The molecule has 10 heteroatoms. The van der Waals surface area contributed by atoms with E-state index in [2.05, 4.69) is 0 Å². The zero-order chi connectivity index (χ0) is 23.3. The van der Waals surface area contributed by atoms with Crippen molar-refractivity contribution in [3.8, 4) is 11.5 Å². The fourth-order valence-electron chi connectivity index (χ4n) is 3.01. The molecule has 0 aliphatic carbocycles. The van der Waals surface area contributed by atoms with Crippen LogP contribution in [-0.2, 0) is 29.5 Å². The molecular formula is C21H27N3O7. The van der Waals surface area contributed by atoms with Crippen LogP contribution < -0.4 is 26.5 Å². The Morgan fingerprint density at radius 1 is 1.13 bits per heavy atom. The molecule has 1 aromatic carbocycles. The van der Waals surface area contributed by atoms with E-state index in [1.54, 1.807) is 18.2 Å². The van der Waals surface area contributed by atoms with Gasteiger partial charge < -0.3 is 19.9 Å². The van der Waals surface area contributed by atoms with E-state index in [0.717, 1.165) is 4.57 Å². The number of anilines is 1. The smallest absolute Gasteiger partial charge is 0.332 e. The van der Waals surface area contributed by atoms with Crippen molar-refractivity contribution in [1.29, 1.82) is 0 Å². The summed E-state index contributed by atoms with van der Waals surface area (Å²) in [6.07, 6.45) is -0.152. The molecule has 31 heavy (non-hydrogen) atoms. The van der Waals surface area contributed by atoms with Gasteiger partial charge in [0.15, 0.2) is 6.61 Å². The molecule has 0 bridgehead atoms. The zero-order valence-corrected chi connectivity index (χ0v) is 18.3. The van der Waals surface area contributed by atoms with Crippen molar-refractivity contribution in [3.05, 3.63) is 50.2 Å². The maximum atomic E-state index is 12.6. The van der Waals surface area contributed by atoms with Crippen LogP contribution in [0.1, 0.15) is 29.8 Å². The number of nitrogens with zero attached hydrogens (tertiary/aromatic N) is 2. The second-order valence-corrected chi connectivity index (χ2v) is 7.35. The highest BCUT2D eigenvalue weighted by Crippen LogP contribution is 2.25. The number of nitrogen functional groups attached to an aromatic ring is 1. The molecule has 2 N–H and O–H groups in total. The van der Waals surface area contributed by atoms with Crippen molar-refractivity contribution in [1.82, 2.24) is 9.13 Å². The number of carbonyl (C=O) groups is 2. The lowest BCUT2D eigenvalue weighted by molar-refractivity contribution is -0.141. The second kappa shape index (κ2) is 9.96. The first kappa shape index (κ1) is 23.7. The average Bonchev–Trinajstić information content (AvgIpc) is 2.74. The molecule has 0 amide bonds. The molecule has 0 aliphatic rings. The van der Waals surface area contributed by atoms with E-state index in [1.807, 2.05) is 13.8 Å². The monoisotopic (exact) mass is 433 g/mol. The summed E-state index contributed by atoms with van der Waals surface area (Å²) in [6, 6.07) is 4.94. The zero-order valence-electron chi connectivity index (χ0n) is 18.3. The fraction of sp³-hybridized carbons (Fsp3) is 0.429. The number of nitrogens with two attached hydrogens (primary N) is 1. The van der Waals surface area contributed by atoms with E-state index in [9.17, 15) is 19.2 Å². The van der Waals surface area contributed by atoms with Gasteiger partial charge in [0.25, 0.3) is 5.56 Å². The number of ether oxygens (including phenoxy) is 3. The van der Waals surface area contributed by atoms with Crippen LogP contribution in [0.5, 0.6) is 11.5 Å². The number of rotatable bonds is 9. The van der Waals surface area contributed by atoms with Crippen LogP contribution in [-0.4, -0.2) is 41.7 Å². The molecule has 2 rings (SSSR count). The molecule has 0 atom stereocenters. The van der Waals surface area contributed by atoms with E-state index >= 15 is 0 Å². The molecule has 0 saturated carbocycles. The molecule has 168 valence electrons. The minimum atomic E-state index is -0.833. The number of esters is 1. The number of carbonyl (C=O) groups excluding carboxylic acids is 2. The molecular weight excluding hydrogens is 406 g/mol. The van der Waals surface area contributed by atoms with Gasteiger partial charge in [-0.1, -0.05) is 19.9 Å². The first-order chi connectivity index (χ1) is 14.6. The SMILES string of the molecule is COc1ccc(CC(=O)OCC(=O)c2c(N)n(CC(C)C)c(=O)n(C)c2=O)c(OC)c1. The quantitative estimate of drug-likeness (QED) is 0.453. The van der Waals surface area contributed by atoms with Gasteiger partial charge in [-0.25, -0.2) is 4.79 Å². The van der Waals surface area contributed by atoms with Gasteiger partial charge >= 0.3 is 11.7 Å².